The molecule has 0 aliphatic rings. The number of carbonyl (C=O) groups is 1. The largest absolute Gasteiger partial charge is 0.512 e. The van der Waals surface area contributed by atoms with Gasteiger partial charge in [0.05, 0.1) is 5.76 Å². The van der Waals surface area contributed by atoms with Crippen LogP contribution in [0.1, 0.15) is 93.6 Å². The van der Waals surface area contributed by atoms with E-state index in [0.717, 1.165) is 42.3 Å². The summed E-state index contributed by atoms with van der Waals surface area (Å²) in [6.07, 6.45) is 6.92. The summed E-state index contributed by atoms with van der Waals surface area (Å²) in [6.45, 7) is 19.6. The molecular formula is C43H58GeIrNO2-. The average molecular weight is 886 g/mol. The number of pyridine rings is 1. The van der Waals surface area contributed by atoms with Gasteiger partial charge in [0.2, 0.25) is 0 Å². The van der Waals surface area contributed by atoms with Crippen LogP contribution in [-0.2, 0) is 30.3 Å². The van der Waals surface area contributed by atoms with Crippen LogP contribution in [0.25, 0.3) is 22.0 Å². The zero-order valence-electron chi connectivity index (χ0n) is 31.0. The number of allylic oxidation sites excluding steroid dienone is 2. The Balaban J connectivity index is 0.000000427. The van der Waals surface area contributed by atoms with Crippen molar-refractivity contribution in [2.45, 2.75) is 104 Å². The molecule has 0 saturated carbocycles. The number of rotatable bonds is 12. The van der Waals surface area contributed by atoms with Crippen molar-refractivity contribution >= 4 is 38.6 Å². The molecule has 48 heavy (non-hydrogen) atoms. The predicted molar refractivity (Wildman–Crippen MR) is 206 cm³/mol. The smallest absolute Gasteiger partial charge is 0.162 e. The molecule has 261 valence electrons. The van der Waals surface area contributed by atoms with E-state index in [-0.39, 0.29) is 48.9 Å². The maximum atomic E-state index is 11.7. The zero-order valence-corrected chi connectivity index (χ0v) is 35.5. The molecule has 4 rings (SSSR count). The number of hydrogen-bond acceptors (Lipinski definition) is 3. The Morgan fingerprint density at radius 1 is 0.854 bits per heavy atom. The van der Waals surface area contributed by atoms with E-state index in [4.69, 9.17) is 4.98 Å². The molecule has 0 bridgehead atoms. The number of aliphatic hydroxyl groups is 1. The second-order valence-electron chi connectivity index (χ2n) is 14.6. The molecule has 4 aromatic rings. The van der Waals surface area contributed by atoms with Crippen molar-refractivity contribution in [2.24, 2.45) is 17.8 Å². The van der Waals surface area contributed by atoms with Gasteiger partial charge in [0.15, 0.2) is 5.78 Å². The van der Waals surface area contributed by atoms with Gasteiger partial charge in [-0.2, -0.15) is 0 Å². The van der Waals surface area contributed by atoms with Gasteiger partial charge in [-0.3, -0.25) is 4.79 Å². The minimum Gasteiger partial charge on any atom is -0.512 e. The molecular weight excluding hydrogens is 827 g/mol. The van der Waals surface area contributed by atoms with E-state index in [1.165, 1.54) is 31.1 Å². The summed E-state index contributed by atoms with van der Waals surface area (Å²) in [7, 11) is 0. The first-order chi connectivity index (χ1) is 22.3. The van der Waals surface area contributed by atoms with Crippen molar-refractivity contribution < 1.29 is 30.0 Å². The Hall–Kier alpha value is -2.53. The van der Waals surface area contributed by atoms with Crippen LogP contribution in [0.2, 0.25) is 11.0 Å². The van der Waals surface area contributed by atoms with Crippen LogP contribution in [0.3, 0.4) is 0 Å². The number of aromatic nitrogens is 1. The Morgan fingerprint density at radius 3 is 2.00 bits per heavy atom. The molecule has 0 fully saturated rings. The summed E-state index contributed by atoms with van der Waals surface area (Å²) in [5.41, 5.74) is 3.53. The van der Waals surface area contributed by atoms with Gasteiger partial charge < -0.3 is 5.11 Å². The molecule has 0 saturated heterocycles. The van der Waals surface area contributed by atoms with E-state index >= 15 is 0 Å². The summed E-state index contributed by atoms with van der Waals surface area (Å²) < 4.78 is 3.03. The van der Waals surface area contributed by atoms with Crippen molar-refractivity contribution in [2.75, 3.05) is 0 Å². The van der Waals surface area contributed by atoms with Gasteiger partial charge in [-0.1, -0.05) is 27.7 Å². The Bertz CT molecular complexity index is 1620. The minimum absolute atomic E-state index is 0. The van der Waals surface area contributed by atoms with Crippen LogP contribution in [0.4, 0.5) is 0 Å². The maximum absolute atomic E-state index is 11.7. The van der Waals surface area contributed by atoms with Gasteiger partial charge in [0.25, 0.3) is 0 Å². The van der Waals surface area contributed by atoms with Gasteiger partial charge in [-0.15, -0.1) is 0 Å². The molecule has 1 heterocycles. The molecule has 5 heteroatoms. The fourth-order valence-electron chi connectivity index (χ4n) is 6.71. The topological polar surface area (TPSA) is 50.2 Å². The molecule has 0 aliphatic heterocycles. The first kappa shape index (κ1) is 41.6. The van der Waals surface area contributed by atoms with Crippen LogP contribution in [0.15, 0.2) is 90.8 Å². The zero-order chi connectivity index (χ0) is 34.8. The molecule has 1 aromatic heterocycles. The van der Waals surface area contributed by atoms with E-state index in [1.807, 2.05) is 33.9 Å². The Labute approximate surface area is 307 Å². The average Bonchev–Trinajstić information content (AvgIpc) is 3.05. The van der Waals surface area contributed by atoms with Crippen molar-refractivity contribution in [3.05, 3.63) is 102 Å². The number of ketones is 1. The normalized spacial score (nSPS) is 13.2. The van der Waals surface area contributed by atoms with E-state index in [0.29, 0.717) is 5.92 Å². The first-order valence-corrected chi connectivity index (χ1v) is 23.4. The Kier molecular flexibility index (Phi) is 16.5. The van der Waals surface area contributed by atoms with Crippen molar-refractivity contribution in [1.82, 2.24) is 4.98 Å². The van der Waals surface area contributed by atoms with Crippen LogP contribution in [0.5, 0.6) is 0 Å². The number of benzene rings is 3. The third-order valence-corrected chi connectivity index (χ3v) is 19.7. The van der Waals surface area contributed by atoms with Gasteiger partial charge in [0, 0.05) is 38.0 Å². The summed E-state index contributed by atoms with van der Waals surface area (Å²) in [5, 5.41) is 13.5. The molecule has 1 unspecified atom stereocenters. The number of aliphatic hydroxyl groups excluding tert-OH is 1. The molecule has 1 N–H and O–H groups in total. The van der Waals surface area contributed by atoms with E-state index < -0.39 is 13.3 Å². The number of nitrogens with zero attached hydrogens (tertiary/aromatic N) is 1. The first-order valence-electron chi connectivity index (χ1n) is 17.7. The number of carbonyl (C=O) groups excluding carboxylic acids is 1. The monoisotopic (exact) mass is 887 g/mol. The van der Waals surface area contributed by atoms with Crippen LogP contribution < -0.4 is 8.79 Å². The third-order valence-electron chi connectivity index (χ3n) is 9.57. The van der Waals surface area contributed by atoms with Crippen molar-refractivity contribution in [1.29, 1.82) is 0 Å². The molecule has 0 spiro atoms. The molecule has 0 amide bonds. The fourth-order valence-corrected chi connectivity index (χ4v) is 15.7. The molecule has 1 atom stereocenters. The summed E-state index contributed by atoms with van der Waals surface area (Å²) in [5.74, 6) is 3.77. The standard InChI is InChI=1S/C30H34GeN.C13H24O2.Ir/c1-22(2)21-31(6,25-13-8-7-9-14-25)26-16-17-32-29(20-26)24-18-23-12-10-11-15-27(23)28(19-24)30(3,4)5;1-5-10(6-2)12(14)9-13(15)11(7-3)8-4;/h7-17,19-20,22H,21H2,1-6H3;9-11,14H,5-8H2,1-4H3;/q-1;;/b;12-9-;. The summed E-state index contributed by atoms with van der Waals surface area (Å²) >= 11 is -2.52. The van der Waals surface area contributed by atoms with E-state index in [1.54, 1.807) is 0 Å². The van der Waals surface area contributed by atoms with Gasteiger partial charge in [-0.05, 0) is 25.7 Å². The SMILES string of the molecule is CC(C)[CH2][Ge]([CH3])([c]1ccccc1)[c]1ccnc(-c2[c-]c3ccccc3c(C(C)(C)C)c2)c1.CCC(CC)C(=O)/C=C(\O)C(CC)CC.[Ir]. The summed E-state index contributed by atoms with van der Waals surface area (Å²) in [4.78, 5) is 16.5. The summed E-state index contributed by atoms with van der Waals surface area (Å²) in [6, 6.07) is 30.4. The fraction of sp³-hybridized carbons (Fsp3) is 0.442. The predicted octanol–water partition coefficient (Wildman–Crippen LogP) is 10.7. The Morgan fingerprint density at radius 2 is 1.44 bits per heavy atom. The second-order valence-corrected chi connectivity index (χ2v) is 23.5. The van der Waals surface area contributed by atoms with Crippen LogP contribution >= 0.6 is 0 Å². The van der Waals surface area contributed by atoms with Crippen LogP contribution in [0, 0.1) is 23.8 Å². The molecule has 3 aromatic carbocycles. The minimum atomic E-state index is -2.52. The number of hydrogen-bond donors (Lipinski definition) is 1. The van der Waals surface area contributed by atoms with E-state index in [9.17, 15) is 9.90 Å². The molecule has 3 nitrogen and oxygen atoms in total. The number of fused-ring (bicyclic) bond motifs is 1. The van der Waals surface area contributed by atoms with Crippen molar-refractivity contribution in [3.63, 3.8) is 0 Å². The van der Waals surface area contributed by atoms with Gasteiger partial charge >= 0.3 is 197 Å². The van der Waals surface area contributed by atoms with Gasteiger partial charge in [0.1, 0.15) is 0 Å². The second kappa shape index (κ2) is 19.0. The van der Waals surface area contributed by atoms with E-state index in [2.05, 4.69) is 119 Å². The molecule has 0 aliphatic carbocycles. The third kappa shape index (κ3) is 10.7. The van der Waals surface area contributed by atoms with Gasteiger partial charge in [-0.25, -0.2) is 0 Å². The molecule has 1 radical (unpaired) electrons. The quantitative estimate of drug-likeness (QED) is 0.0667. The van der Waals surface area contributed by atoms with Crippen LogP contribution in [-0.4, -0.2) is 29.1 Å². The van der Waals surface area contributed by atoms with Crippen molar-refractivity contribution in [3.8, 4) is 11.3 Å². The maximum Gasteiger partial charge on any atom is 0.162 e.